The monoisotopic (exact) mass is 280 g/mol. The Kier molecular flexibility index (Phi) is 3.85. The standard InChI is InChI=1S/C14H10F2O2S/c15-14(16,10-5-2-1-3-6-10)13(18)9-11(17)12-7-4-8-19-12/h1-8H,9H2. The Morgan fingerprint density at radius 3 is 2.32 bits per heavy atom. The summed E-state index contributed by atoms with van der Waals surface area (Å²) >= 11 is 1.13. The summed E-state index contributed by atoms with van der Waals surface area (Å²) in [4.78, 5) is 23.6. The molecule has 0 radical (unpaired) electrons. The van der Waals surface area contributed by atoms with Crippen molar-refractivity contribution in [2.45, 2.75) is 12.3 Å². The Balaban J connectivity index is 2.14. The molecule has 0 atom stereocenters. The zero-order valence-corrected chi connectivity index (χ0v) is 10.6. The van der Waals surface area contributed by atoms with Crippen molar-refractivity contribution >= 4 is 22.9 Å². The zero-order valence-electron chi connectivity index (χ0n) is 9.81. The summed E-state index contributed by atoms with van der Waals surface area (Å²) in [6.45, 7) is 0. The molecule has 98 valence electrons. The van der Waals surface area contributed by atoms with Gasteiger partial charge in [-0.2, -0.15) is 8.78 Å². The lowest BCUT2D eigenvalue weighted by molar-refractivity contribution is -0.143. The number of halogens is 2. The van der Waals surface area contributed by atoms with Crippen molar-refractivity contribution in [3.05, 3.63) is 58.3 Å². The summed E-state index contributed by atoms with van der Waals surface area (Å²) in [5.74, 6) is -5.58. The molecule has 2 nitrogen and oxygen atoms in total. The van der Waals surface area contributed by atoms with Crippen LogP contribution in [0.1, 0.15) is 21.7 Å². The van der Waals surface area contributed by atoms with Crippen LogP contribution in [0.3, 0.4) is 0 Å². The van der Waals surface area contributed by atoms with E-state index in [2.05, 4.69) is 0 Å². The summed E-state index contributed by atoms with van der Waals surface area (Å²) in [6, 6.07) is 9.94. The maximum atomic E-state index is 13.9. The first-order chi connectivity index (χ1) is 9.01. The highest BCUT2D eigenvalue weighted by Gasteiger charge is 2.41. The van der Waals surface area contributed by atoms with E-state index in [1.165, 1.54) is 30.3 Å². The molecule has 0 N–H and O–H groups in total. The predicted octanol–water partition coefficient (Wildman–Crippen LogP) is 3.68. The van der Waals surface area contributed by atoms with Crippen LogP contribution in [0.2, 0.25) is 0 Å². The van der Waals surface area contributed by atoms with Crippen molar-refractivity contribution in [3.8, 4) is 0 Å². The summed E-state index contributed by atoms with van der Waals surface area (Å²) < 4.78 is 27.7. The van der Waals surface area contributed by atoms with Gasteiger partial charge < -0.3 is 0 Å². The fourth-order valence-electron chi connectivity index (χ4n) is 1.59. The molecule has 0 fully saturated rings. The van der Waals surface area contributed by atoms with Gasteiger partial charge in [-0.3, -0.25) is 9.59 Å². The van der Waals surface area contributed by atoms with Gasteiger partial charge in [0.25, 0.3) is 0 Å². The maximum absolute atomic E-state index is 13.9. The summed E-state index contributed by atoms with van der Waals surface area (Å²) in [5.41, 5.74) is -0.390. The molecule has 0 unspecified atom stereocenters. The number of carbonyl (C=O) groups is 2. The van der Waals surface area contributed by atoms with Crippen LogP contribution in [0.5, 0.6) is 0 Å². The second kappa shape index (κ2) is 5.40. The minimum Gasteiger partial charge on any atom is -0.293 e. The number of Topliss-reactive ketones (excluding diaryl/α,β-unsaturated/α-hetero) is 2. The van der Waals surface area contributed by atoms with Crippen molar-refractivity contribution in [3.63, 3.8) is 0 Å². The number of hydrogen-bond donors (Lipinski definition) is 0. The molecular weight excluding hydrogens is 270 g/mol. The SMILES string of the molecule is O=C(CC(=O)C(F)(F)c1ccccc1)c1cccs1. The first kappa shape index (κ1) is 13.5. The van der Waals surface area contributed by atoms with Crippen LogP contribution in [0.4, 0.5) is 8.78 Å². The van der Waals surface area contributed by atoms with Crippen molar-refractivity contribution in [1.29, 1.82) is 0 Å². The smallest absolute Gasteiger partial charge is 0.293 e. The Bertz CT molecular complexity index is 577. The van der Waals surface area contributed by atoms with Gasteiger partial charge in [0.2, 0.25) is 5.78 Å². The molecular formula is C14H10F2O2S. The van der Waals surface area contributed by atoms with Crippen LogP contribution < -0.4 is 0 Å². The predicted molar refractivity (Wildman–Crippen MR) is 68.6 cm³/mol. The first-order valence-electron chi connectivity index (χ1n) is 5.55. The van der Waals surface area contributed by atoms with Gasteiger partial charge in [-0.15, -0.1) is 11.3 Å². The minimum atomic E-state index is -3.63. The highest BCUT2D eigenvalue weighted by atomic mass is 32.1. The lowest BCUT2D eigenvalue weighted by Gasteiger charge is -2.14. The van der Waals surface area contributed by atoms with Crippen LogP contribution in [0, 0.1) is 0 Å². The average molecular weight is 280 g/mol. The molecule has 0 saturated heterocycles. The Labute approximate surface area is 112 Å². The molecule has 0 saturated carbocycles. The van der Waals surface area contributed by atoms with E-state index < -0.39 is 23.9 Å². The normalized spacial score (nSPS) is 11.3. The van der Waals surface area contributed by atoms with Crippen molar-refractivity contribution < 1.29 is 18.4 Å². The van der Waals surface area contributed by atoms with E-state index in [0.717, 1.165) is 11.3 Å². The van der Waals surface area contributed by atoms with E-state index in [9.17, 15) is 18.4 Å². The van der Waals surface area contributed by atoms with E-state index in [1.54, 1.807) is 17.5 Å². The van der Waals surface area contributed by atoms with Crippen molar-refractivity contribution in [2.75, 3.05) is 0 Å². The molecule has 1 heterocycles. The molecule has 1 aromatic heterocycles. The van der Waals surface area contributed by atoms with E-state index in [0.29, 0.717) is 4.88 Å². The van der Waals surface area contributed by atoms with Crippen LogP contribution >= 0.6 is 11.3 Å². The molecule has 0 bridgehead atoms. The van der Waals surface area contributed by atoms with Crippen molar-refractivity contribution in [1.82, 2.24) is 0 Å². The topological polar surface area (TPSA) is 34.1 Å². The lowest BCUT2D eigenvalue weighted by Crippen LogP contribution is -2.27. The molecule has 2 aromatic rings. The third-order valence-corrected chi connectivity index (χ3v) is 3.51. The number of benzene rings is 1. The fraction of sp³-hybridized carbons (Fsp3) is 0.143. The Morgan fingerprint density at radius 2 is 1.74 bits per heavy atom. The van der Waals surface area contributed by atoms with Gasteiger partial charge in [-0.1, -0.05) is 36.4 Å². The minimum absolute atomic E-state index is 0.317. The molecule has 1 aromatic carbocycles. The maximum Gasteiger partial charge on any atom is 0.330 e. The van der Waals surface area contributed by atoms with E-state index in [4.69, 9.17) is 0 Å². The van der Waals surface area contributed by atoms with Crippen LogP contribution in [0.25, 0.3) is 0 Å². The van der Waals surface area contributed by atoms with Crippen LogP contribution in [0.15, 0.2) is 47.8 Å². The van der Waals surface area contributed by atoms with Gasteiger partial charge in [0, 0.05) is 5.56 Å². The van der Waals surface area contributed by atoms with E-state index in [-0.39, 0.29) is 5.56 Å². The second-order valence-corrected chi connectivity index (χ2v) is 4.89. The largest absolute Gasteiger partial charge is 0.330 e. The zero-order chi connectivity index (χ0) is 13.9. The Hall–Kier alpha value is -1.88. The van der Waals surface area contributed by atoms with Gasteiger partial charge in [0.1, 0.15) is 0 Å². The molecule has 5 heteroatoms. The van der Waals surface area contributed by atoms with Gasteiger partial charge in [0.05, 0.1) is 11.3 Å². The first-order valence-corrected chi connectivity index (χ1v) is 6.43. The summed E-state index contributed by atoms with van der Waals surface area (Å²) in [6.07, 6.45) is -0.789. The molecule has 2 rings (SSSR count). The number of ketones is 2. The van der Waals surface area contributed by atoms with Gasteiger partial charge >= 0.3 is 5.92 Å². The summed E-state index contributed by atoms with van der Waals surface area (Å²) in [7, 11) is 0. The van der Waals surface area contributed by atoms with E-state index in [1.807, 2.05) is 0 Å². The number of alkyl halides is 2. The Morgan fingerprint density at radius 1 is 1.05 bits per heavy atom. The van der Waals surface area contributed by atoms with Gasteiger partial charge in [-0.05, 0) is 11.4 Å². The summed E-state index contributed by atoms with van der Waals surface area (Å²) in [5, 5.41) is 1.66. The number of thiophene rings is 1. The van der Waals surface area contributed by atoms with Crippen LogP contribution in [-0.2, 0) is 10.7 Å². The quantitative estimate of drug-likeness (QED) is 0.618. The average Bonchev–Trinajstić information content (AvgIpc) is 2.93. The molecule has 19 heavy (non-hydrogen) atoms. The van der Waals surface area contributed by atoms with Gasteiger partial charge in [0.15, 0.2) is 5.78 Å². The third-order valence-electron chi connectivity index (χ3n) is 2.60. The van der Waals surface area contributed by atoms with E-state index >= 15 is 0 Å². The molecule has 0 aliphatic rings. The molecule has 0 aliphatic heterocycles. The molecule has 0 spiro atoms. The van der Waals surface area contributed by atoms with Crippen LogP contribution in [-0.4, -0.2) is 11.6 Å². The van der Waals surface area contributed by atoms with Crippen molar-refractivity contribution in [2.24, 2.45) is 0 Å². The number of hydrogen-bond acceptors (Lipinski definition) is 3. The van der Waals surface area contributed by atoms with Gasteiger partial charge in [-0.25, -0.2) is 0 Å². The highest BCUT2D eigenvalue weighted by molar-refractivity contribution is 7.12. The third kappa shape index (κ3) is 2.93. The lowest BCUT2D eigenvalue weighted by atomic mass is 10.0. The number of carbonyl (C=O) groups excluding carboxylic acids is 2. The fourth-order valence-corrected chi connectivity index (χ4v) is 2.25. The number of rotatable bonds is 5. The second-order valence-electron chi connectivity index (χ2n) is 3.94. The highest BCUT2D eigenvalue weighted by Crippen LogP contribution is 2.30. The molecule has 0 amide bonds. The molecule has 0 aliphatic carbocycles.